The molecule has 0 aliphatic heterocycles. The number of carbonyl (C=O) groups excluding carboxylic acids is 1. The molecule has 0 rings (SSSR count). The Morgan fingerprint density at radius 2 is 2.00 bits per heavy atom. The second kappa shape index (κ2) is 5.17. The molecule has 0 saturated carbocycles. The van der Waals surface area contributed by atoms with Gasteiger partial charge in [0.15, 0.2) is 0 Å². The normalized spacial score (nSPS) is 12.8. The van der Waals surface area contributed by atoms with Crippen molar-refractivity contribution < 1.29 is 13.9 Å². The fourth-order valence-electron chi connectivity index (χ4n) is 0.997. The highest BCUT2D eigenvalue weighted by molar-refractivity contribution is 6.76. The van der Waals surface area contributed by atoms with Gasteiger partial charge in [0.25, 0.3) is 0 Å². The highest BCUT2D eigenvalue weighted by Crippen LogP contribution is 2.16. The van der Waals surface area contributed by atoms with E-state index in [9.17, 15) is 9.18 Å². The Morgan fingerprint density at radius 3 is 2.31 bits per heavy atom. The first-order chi connectivity index (χ1) is 5.85. The first-order valence-corrected chi connectivity index (χ1v) is 7.97. The Balaban J connectivity index is 4.00. The first-order valence-electron chi connectivity index (χ1n) is 4.26. The van der Waals surface area contributed by atoms with Crippen LogP contribution in [-0.4, -0.2) is 20.7 Å². The minimum Gasteiger partial charge on any atom is -0.461 e. The van der Waals surface area contributed by atoms with Crippen LogP contribution in [0.15, 0.2) is 11.9 Å². The number of halogens is 1. The Hall–Kier alpha value is -0.643. The second-order valence-electron chi connectivity index (χ2n) is 4.29. The number of ether oxygens (including phenoxy) is 1. The lowest BCUT2D eigenvalue weighted by atomic mass is 10.4. The van der Waals surface area contributed by atoms with Crippen LogP contribution in [0.4, 0.5) is 4.39 Å². The van der Waals surface area contributed by atoms with E-state index >= 15 is 0 Å². The molecule has 4 heteroatoms. The largest absolute Gasteiger partial charge is 0.461 e. The van der Waals surface area contributed by atoms with E-state index in [2.05, 4.69) is 19.6 Å². The summed E-state index contributed by atoms with van der Waals surface area (Å²) in [7, 11) is -1.31. The summed E-state index contributed by atoms with van der Waals surface area (Å²) in [6.45, 7) is 7.85. The van der Waals surface area contributed by atoms with Gasteiger partial charge in [-0.3, -0.25) is 4.79 Å². The molecule has 0 bridgehead atoms. The van der Waals surface area contributed by atoms with Gasteiger partial charge >= 0.3 is 5.97 Å². The molecule has 0 fully saturated rings. The molecular weight excluding hydrogens is 187 g/mol. The number of hydrogen-bond donors (Lipinski definition) is 0. The average Bonchev–Trinajstić information content (AvgIpc) is 1.95. The molecule has 0 amide bonds. The van der Waals surface area contributed by atoms with E-state index in [0.717, 1.165) is 6.04 Å². The summed E-state index contributed by atoms with van der Waals surface area (Å²) in [5.74, 6) is -0.366. The van der Waals surface area contributed by atoms with Gasteiger partial charge in [0.2, 0.25) is 0 Å². The van der Waals surface area contributed by atoms with E-state index in [1.54, 1.807) is 0 Å². The van der Waals surface area contributed by atoms with Gasteiger partial charge in [0.1, 0.15) is 6.61 Å². The van der Waals surface area contributed by atoms with E-state index in [1.165, 1.54) is 6.92 Å². The Kier molecular flexibility index (Phi) is 4.91. The standard InChI is InChI=1S/C9H17FO2Si/c1-8(11)12-6-9(5-10)7-13(2,3)4/h5H,6-7H2,1-4H3/b9-5-. The molecule has 0 aromatic rings. The van der Waals surface area contributed by atoms with Crippen LogP contribution in [-0.2, 0) is 9.53 Å². The molecule has 0 spiro atoms. The summed E-state index contributed by atoms with van der Waals surface area (Å²) >= 11 is 0. The van der Waals surface area contributed by atoms with Gasteiger partial charge in [-0.05, 0) is 11.6 Å². The van der Waals surface area contributed by atoms with E-state index in [4.69, 9.17) is 4.74 Å². The van der Waals surface area contributed by atoms with Crippen LogP contribution in [0.3, 0.4) is 0 Å². The van der Waals surface area contributed by atoms with Crippen molar-refractivity contribution in [1.82, 2.24) is 0 Å². The lowest BCUT2D eigenvalue weighted by Crippen LogP contribution is -2.21. The van der Waals surface area contributed by atoms with Crippen LogP contribution >= 0.6 is 0 Å². The van der Waals surface area contributed by atoms with E-state index < -0.39 is 8.07 Å². The minimum atomic E-state index is -1.31. The van der Waals surface area contributed by atoms with E-state index in [0.29, 0.717) is 11.9 Å². The zero-order chi connectivity index (χ0) is 10.5. The van der Waals surface area contributed by atoms with Crippen LogP contribution in [0.25, 0.3) is 0 Å². The number of rotatable bonds is 4. The number of esters is 1. The Bertz CT molecular complexity index is 206. The maximum atomic E-state index is 12.3. The molecule has 0 aliphatic rings. The van der Waals surface area contributed by atoms with Crippen LogP contribution in [0.1, 0.15) is 6.92 Å². The topological polar surface area (TPSA) is 26.3 Å². The van der Waals surface area contributed by atoms with Crippen LogP contribution in [0.2, 0.25) is 25.7 Å². The quantitative estimate of drug-likeness (QED) is 0.520. The zero-order valence-electron chi connectivity index (χ0n) is 8.69. The molecule has 0 N–H and O–H groups in total. The third-order valence-electron chi connectivity index (χ3n) is 1.37. The third-order valence-corrected chi connectivity index (χ3v) is 2.89. The highest BCUT2D eigenvalue weighted by atomic mass is 28.3. The van der Waals surface area contributed by atoms with Crippen molar-refractivity contribution in [1.29, 1.82) is 0 Å². The van der Waals surface area contributed by atoms with Crippen molar-refractivity contribution in [3.05, 3.63) is 11.9 Å². The van der Waals surface area contributed by atoms with Crippen molar-refractivity contribution in [2.45, 2.75) is 32.6 Å². The van der Waals surface area contributed by atoms with Crippen molar-refractivity contribution in [2.75, 3.05) is 6.61 Å². The van der Waals surface area contributed by atoms with Gasteiger partial charge in [-0.25, -0.2) is 4.39 Å². The third kappa shape index (κ3) is 7.71. The summed E-state index contributed by atoms with van der Waals surface area (Å²) in [5.41, 5.74) is 0.578. The number of carbonyl (C=O) groups is 1. The summed E-state index contributed by atoms with van der Waals surface area (Å²) in [5, 5.41) is 0. The van der Waals surface area contributed by atoms with Gasteiger partial charge in [-0.15, -0.1) is 0 Å². The van der Waals surface area contributed by atoms with Gasteiger partial charge in [0, 0.05) is 15.0 Å². The van der Waals surface area contributed by atoms with E-state index in [1.807, 2.05) is 0 Å². The van der Waals surface area contributed by atoms with Crippen LogP contribution < -0.4 is 0 Å². The van der Waals surface area contributed by atoms with Gasteiger partial charge in [0.05, 0.1) is 6.33 Å². The predicted octanol–water partition coefficient (Wildman–Crippen LogP) is 2.74. The van der Waals surface area contributed by atoms with Crippen molar-refractivity contribution >= 4 is 14.0 Å². The monoisotopic (exact) mass is 204 g/mol. The summed E-state index contributed by atoms with van der Waals surface area (Å²) < 4.78 is 17.0. The zero-order valence-corrected chi connectivity index (χ0v) is 9.69. The van der Waals surface area contributed by atoms with Crippen molar-refractivity contribution in [2.24, 2.45) is 0 Å². The maximum Gasteiger partial charge on any atom is 0.302 e. The smallest absolute Gasteiger partial charge is 0.302 e. The highest BCUT2D eigenvalue weighted by Gasteiger charge is 2.16. The fourth-order valence-corrected chi connectivity index (χ4v) is 2.54. The first kappa shape index (κ1) is 12.4. The Labute approximate surface area is 79.8 Å². The van der Waals surface area contributed by atoms with Crippen LogP contribution in [0.5, 0.6) is 0 Å². The van der Waals surface area contributed by atoms with Gasteiger partial charge in [-0.2, -0.15) is 0 Å². The molecule has 13 heavy (non-hydrogen) atoms. The van der Waals surface area contributed by atoms with Crippen LogP contribution in [0, 0.1) is 0 Å². The Morgan fingerprint density at radius 1 is 1.46 bits per heavy atom. The van der Waals surface area contributed by atoms with Gasteiger partial charge in [-0.1, -0.05) is 19.6 Å². The van der Waals surface area contributed by atoms with E-state index in [-0.39, 0.29) is 12.6 Å². The minimum absolute atomic E-state index is 0.0934. The lowest BCUT2D eigenvalue weighted by Gasteiger charge is -2.17. The molecule has 0 aromatic heterocycles. The molecule has 2 nitrogen and oxygen atoms in total. The SMILES string of the molecule is CC(=O)OC/C(=C/F)C[Si](C)(C)C. The predicted molar refractivity (Wildman–Crippen MR) is 54.0 cm³/mol. The molecule has 0 atom stereocenters. The molecule has 76 valence electrons. The summed E-state index contributed by atoms with van der Waals surface area (Å²) in [4.78, 5) is 10.5. The molecule has 0 radical (unpaired) electrons. The van der Waals surface area contributed by atoms with Crippen molar-refractivity contribution in [3.63, 3.8) is 0 Å². The average molecular weight is 204 g/mol. The molecule has 0 saturated heterocycles. The van der Waals surface area contributed by atoms with Gasteiger partial charge < -0.3 is 4.74 Å². The second-order valence-corrected chi connectivity index (χ2v) is 9.76. The summed E-state index contributed by atoms with van der Waals surface area (Å²) in [6, 6.07) is 0.733. The summed E-state index contributed by atoms with van der Waals surface area (Å²) in [6.07, 6.45) is 0.557. The molecule has 0 unspecified atom stereocenters. The molecule has 0 aromatic carbocycles. The molecule has 0 aliphatic carbocycles. The number of hydrogen-bond acceptors (Lipinski definition) is 2. The maximum absolute atomic E-state index is 12.3. The lowest BCUT2D eigenvalue weighted by molar-refractivity contribution is -0.139. The fraction of sp³-hybridized carbons (Fsp3) is 0.667. The van der Waals surface area contributed by atoms with Crippen molar-refractivity contribution in [3.8, 4) is 0 Å². The molecular formula is C9H17FO2Si. The molecule has 0 heterocycles.